The van der Waals surface area contributed by atoms with Gasteiger partial charge in [-0.25, -0.2) is 13.1 Å². The lowest BCUT2D eigenvalue weighted by Gasteiger charge is -2.08. The van der Waals surface area contributed by atoms with Gasteiger partial charge in [0.15, 0.2) is 0 Å². The number of rotatable bonds is 8. The maximum atomic E-state index is 12.3. The number of H-pyrrole nitrogens is 1. The molecule has 1 aliphatic carbocycles. The van der Waals surface area contributed by atoms with Crippen LogP contribution in [0.1, 0.15) is 37.6 Å². The predicted molar refractivity (Wildman–Crippen MR) is 73.2 cm³/mol. The highest BCUT2D eigenvalue weighted by Gasteiger charge is 2.27. The van der Waals surface area contributed by atoms with Crippen molar-refractivity contribution in [1.82, 2.24) is 20.2 Å². The molecule has 0 aliphatic heterocycles. The molecule has 0 atom stereocenters. The smallest absolute Gasteiger partial charge is 0.244 e. The minimum absolute atomic E-state index is 0.303. The fourth-order valence-electron chi connectivity index (χ4n) is 1.95. The van der Waals surface area contributed by atoms with Gasteiger partial charge in [0, 0.05) is 13.1 Å². The normalized spacial score (nSPS) is 15.9. The molecule has 0 aromatic carbocycles. The zero-order valence-corrected chi connectivity index (χ0v) is 12.3. The molecule has 7 heteroatoms. The Bertz CT molecular complexity index is 520. The Morgan fingerprint density at radius 2 is 2.16 bits per heavy atom. The number of aromatic nitrogens is 2. The fourth-order valence-corrected chi connectivity index (χ4v) is 3.43. The van der Waals surface area contributed by atoms with Crippen molar-refractivity contribution < 1.29 is 8.42 Å². The zero-order valence-electron chi connectivity index (χ0n) is 11.5. The van der Waals surface area contributed by atoms with E-state index >= 15 is 0 Å². The maximum absolute atomic E-state index is 12.3. The van der Waals surface area contributed by atoms with E-state index in [4.69, 9.17) is 0 Å². The van der Waals surface area contributed by atoms with Crippen molar-refractivity contribution in [1.29, 1.82) is 0 Å². The van der Waals surface area contributed by atoms with E-state index in [1.54, 1.807) is 6.92 Å². The van der Waals surface area contributed by atoms with Gasteiger partial charge >= 0.3 is 0 Å². The van der Waals surface area contributed by atoms with Crippen LogP contribution >= 0.6 is 0 Å². The number of hydrogen-bond acceptors (Lipinski definition) is 4. The first-order valence-electron chi connectivity index (χ1n) is 6.78. The van der Waals surface area contributed by atoms with Gasteiger partial charge in [-0.1, -0.05) is 6.92 Å². The lowest BCUT2D eigenvalue weighted by molar-refractivity contribution is 0.573. The van der Waals surface area contributed by atoms with E-state index in [0.29, 0.717) is 35.3 Å². The van der Waals surface area contributed by atoms with Crippen molar-refractivity contribution in [2.24, 2.45) is 5.92 Å². The molecule has 2 rings (SSSR count). The molecule has 1 heterocycles. The lowest BCUT2D eigenvalue weighted by Crippen LogP contribution is -2.28. The number of aromatic amines is 1. The summed E-state index contributed by atoms with van der Waals surface area (Å²) in [7, 11) is -3.45. The summed E-state index contributed by atoms with van der Waals surface area (Å²) in [5, 5.41) is 10.0. The Balaban J connectivity index is 2.09. The SMILES string of the molecule is CCCNCc1n[nH]c(C)c1S(=O)(=O)NCC1CC1. The largest absolute Gasteiger partial charge is 0.311 e. The Morgan fingerprint density at radius 1 is 1.42 bits per heavy atom. The quantitative estimate of drug-likeness (QED) is 0.620. The Labute approximate surface area is 114 Å². The van der Waals surface area contributed by atoms with Gasteiger partial charge in [-0.2, -0.15) is 5.10 Å². The molecule has 0 radical (unpaired) electrons. The van der Waals surface area contributed by atoms with Crippen molar-refractivity contribution in [3.8, 4) is 0 Å². The molecule has 0 amide bonds. The summed E-state index contributed by atoms with van der Waals surface area (Å²) in [5.74, 6) is 0.517. The Kier molecular flexibility index (Phi) is 4.59. The highest BCUT2D eigenvalue weighted by Crippen LogP contribution is 2.28. The summed E-state index contributed by atoms with van der Waals surface area (Å²) in [6, 6.07) is 0. The summed E-state index contributed by atoms with van der Waals surface area (Å²) in [6.45, 7) is 5.66. The van der Waals surface area contributed by atoms with Crippen molar-refractivity contribution in [3.63, 3.8) is 0 Å². The van der Waals surface area contributed by atoms with Crippen molar-refractivity contribution in [2.75, 3.05) is 13.1 Å². The van der Waals surface area contributed by atoms with Gasteiger partial charge in [0.25, 0.3) is 0 Å². The highest BCUT2D eigenvalue weighted by atomic mass is 32.2. The molecule has 0 spiro atoms. The summed E-state index contributed by atoms with van der Waals surface area (Å²) < 4.78 is 27.3. The predicted octanol–water partition coefficient (Wildman–Crippen LogP) is 0.906. The third-order valence-electron chi connectivity index (χ3n) is 3.21. The van der Waals surface area contributed by atoms with Crippen molar-refractivity contribution in [2.45, 2.75) is 44.6 Å². The number of nitrogens with one attached hydrogen (secondary N) is 3. The standard InChI is InChI=1S/C12H22N4O2S/c1-3-6-13-8-11-12(9(2)15-16-11)19(17,18)14-7-10-4-5-10/h10,13-14H,3-8H2,1-2H3,(H,15,16). The first kappa shape index (κ1) is 14.5. The van der Waals surface area contributed by atoms with Gasteiger partial charge in [-0.05, 0) is 38.6 Å². The maximum Gasteiger partial charge on any atom is 0.244 e. The minimum Gasteiger partial charge on any atom is -0.311 e. The third kappa shape index (κ3) is 3.77. The Hall–Kier alpha value is -0.920. The molecule has 0 saturated heterocycles. The average molecular weight is 286 g/mol. The van der Waals surface area contributed by atoms with Gasteiger partial charge in [0.2, 0.25) is 10.0 Å². The second kappa shape index (κ2) is 6.02. The van der Waals surface area contributed by atoms with Crippen LogP contribution in [-0.2, 0) is 16.6 Å². The number of hydrogen-bond donors (Lipinski definition) is 3. The van der Waals surface area contributed by atoms with E-state index < -0.39 is 10.0 Å². The van der Waals surface area contributed by atoms with E-state index in [-0.39, 0.29) is 0 Å². The van der Waals surface area contributed by atoms with Crippen molar-refractivity contribution in [3.05, 3.63) is 11.4 Å². The van der Waals surface area contributed by atoms with Crippen LogP contribution in [0.5, 0.6) is 0 Å². The second-order valence-corrected chi connectivity index (χ2v) is 6.80. The first-order valence-corrected chi connectivity index (χ1v) is 8.27. The van der Waals surface area contributed by atoms with Crippen LogP contribution in [0, 0.1) is 12.8 Å². The molecule has 3 N–H and O–H groups in total. The third-order valence-corrected chi connectivity index (χ3v) is 4.83. The van der Waals surface area contributed by atoms with Crippen LogP contribution in [-0.4, -0.2) is 31.7 Å². The van der Waals surface area contributed by atoms with Crippen molar-refractivity contribution >= 4 is 10.0 Å². The minimum atomic E-state index is -3.45. The molecular formula is C12H22N4O2S. The monoisotopic (exact) mass is 286 g/mol. The van der Waals surface area contributed by atoms with E-state index in [2.05, 4.69) is 27.2 Å². The lowest BCUT2D eigenvalue weighted by atomic mass is 10.3. The van der Waals surface area contributed by atoms with Crippen LogP contribution < -0.4 is 10.0 Å². The molecule has 1 aromatic heterocycles. The summed E-state index contributed by atoms with van der Waals surface area (Å²) in [4.78, 5) is 0.303. The first-order chi connectivity index (χ1) is 9.04. The molecule has 19 heavy (non-hydrogen) atoms. The summed E-state index contributed by atoms with van der Waals surface area (Å²) >= 11 is 0. The fraction of sp³-hybridized carbons (Fsp3) is 0.750. The highest BCUT2D eigenvalue weighted by molar-refractivity contribution is 7.89. The molecule has 0 unspecified atom stereocenters. The number of sulfonamides is 1. The van der Waals surface area contributed by atoms with Gasteiger partial charge in [0.1, 0.15) is 4.90 Å². The molecule has 6 nitrogen and oxygen atoms in total. The van der Waals surface area contributed by atoms with E-state index in [9.17, 15) is 8.42 Å². The van der Waals surface area contributed by atoms with Crippen LogP contribution in [0.4, 0.5) is 0 Å². The molecule has 0 bridgehead atoms. The van der Waals surface area contributed by atoms with Gasteiger partial charge in [0.05, 0.1) is 11.4 Å². The number of aryl methyl sites for hydroxylation is 1. The van der Waals surface area contributed by atoms with E-state index in [0.717, 1.165) is 25.8 Å². The average Bonchev–Trinajstić information content (AvgIpc) is 3.11. The molecular weight excluding hydrogens is 264 g/mol. The molecule has 1 aromatic rings. The van der Waals surface area contributed by atoms with Gasteiger partial charge in [-0.3, -0.25) is 5.10 Å². The van der Waals surface area contributed by atoms with Gasteiger partial charge < -0.3 is 5.32 Å². The van der Waals surface area contributed by atoms with E-state index in [1.807, 2.05) is 0 Å². The van der Waals surface area contributed by atoms with E-state index in [1.165, 1.54) is 0 Å². The molecule has 1 fully saturated rings. The second-order valence-electron chi connectivity index (χ2n) is 5.10. The molecule has 1 aliphatic rings. The number of nitrogens with zero attached hydrogens (tertiary/aromatic N) is 1. The molecule has 1 saturated carbocycles. The Morgan fingerprint density at radius 3 is 2.79 bits per heavy atom. The molecule has 108 valence electrons. The van der Waals surface area contributed by atoms with Crippen LogP contribution in [0.15, 0.2) is 4.90 Å². The summed E-state index contributed by atoms with van der Waals surface area (Å²) in [5.41, 5.74) is 1.16. The van der Waals surface area contributed by atoms with Crippen LogP contribution in [0.25, 0.3) is 0 Å². The topological polar surface area (TPSA) is 86.9 Å². The summed E-state index contributed by atoms with van der Waals surface area (Å²) in [6.07, 6.45) is 3.25. The van der Waals surface area contributed by atoms with Crippen LogP contribution in [0.2, 0.25) is 0 Å². The zero-order chi connectivity index (χ0) is 13.9. The van der Waals surface area contributed by atoms with Crippen LogP contribution in [0.3, 0.4) is 0 Å². The van der Waals surface area contributed by atoms with Gasteiger partial charge in [-0.15, -0.1) is 0 Å².